The molecule has 1 saturated heterocycles. The molecule has 1 heterocycles. The molecule has 1 aliphatic rings. The fraction of sp³-hybridized carbons (Fsp3) is 0.316. The van der Waals surface area contributed by atoms with E-state index in [2.05, 4.69) is 5.32 Å². The normalized spacial score (nSPS) is 15.2. The van der Waals surface area contributed by atoms with Gasteiger partial charge in [-0.1, -0.05) is 29.6 Å². The van der Waals surface area contributed by atoms with Crippen LogP contribution in [0.15, 0.2) is 47.4 Å². The molecule has 0 unspecified atom stereocenters. The Balaban J connectivity index is 1.57. The predicted octanol–water partition coefficient (Wildman–Crippen LogP) is 4.19. The van der Waals surface area contributed by atoms with Gasteiger partial charge in [0.05, 0.1) is 15.6 Å². The van der Waals surface area contributed by atoms with E-state index in [1.54, 1.807) is 24.3 Å². The van der Waals surface area contributed by atoms with Crippen LogP contribution in [-0.4, -0.2) is 38.3 Å². The molecule has 9 heteroatoms. The van der Waals surface area contributed by atoms with Crippen molar-refractivity contribution in [1.29, 1.82) is 0 Å². The van der Waals surface area contributed by atoms with Gasteiger partial charge in [-0.15, -0.1) is 0 Å². The lowest BCUT2D eigenvalue weighted by Crippen LogP contribution is -2.35. The van der Waals surface area contributed by atoms with Crippen LogP contribution in [0, 0.1) is 0 Å². The van der Waals surface area contributed by atoms with Gasteiger partial charge in [0.25, 0.3) is 5.91 Å². The summed E-state index contributed by atoms with van der Waals surface area (Å²) >= 11 is 11.8. The fourth-order valence-corrected chi connectivity index (χ4v) is 4.86. The first-order valence-corrected chi connectivity index (χ1v) is 11.0. The zero-order chi connectivity index (χ0) is 20.1. The van der Waals surface area contributed by atoms with Crippen molar-refractivity contribution >= 4 is 44.8 Å². The van der Waals surface area contributed by atoms with Crippen molar-refractivity contribution in [2.75, 3.05) is 25.0 Å². The Labute approximate surface area is 174 Å². The number of hydrogen-bond acceptors (Lipinski definition) is 4. The summed E-state index contributed by atoms with van der Waals surface area (Å²) in [5.41, 5.74) is 0.433. The number of benzene rings is 2. The molecule has 1 fully saturated rings. The van der Waals surface area contributed by atoms with Gasteiger partial charge in [0.15, 0.2) is 6.61 Å². The maximum absolute atomic E-state index is 12.6. The minimum atomic E-state index is -3.49. The van der Waals surface area contributed by atoms with Crippen LogP contribution in [0.1, 0.15) is 19.3 Å². The highest BCUT2D eigenvalue weighted by Crippen LogP contribution is 2.25. The van der Waals surface area contributed by atoms with Crippen molar-refractivity contribution in [3.63, 3.8) is 0 Å². The van der Waals surface area contributed by atoms with Crippen molar-refractivity contribution < 1.29 is 17.9 Å². The van der Waals surface area contributed by atoms with Gasteiger partial charge in [-0.05, 0) is 55.3 Å². The van der Waals surface area contributed by atoms with Crippen molar-refractivity contribution in [3.05, 3.63) is 52.5 Å². The standard InChI is InChI=1S/C19H20Cl2N2O4S/c20-14-4-9-18(17(21)12-14)22-19(24)13-27-15-5-7-16(8-6-15)28(25,26)23-10-2-1-3-11-23/h4-9,12H,1-3,10-11,13H2,(H,22,24). The Morgan fingerprint density at radius 1 is 1.04 bits per heavy atom. The number of carbonyl (C=O) groups is 1. The van der Waals surface area contributed by atoms with Crippen LogP contribution in [0.2, 0.25) is 10.0 Å². The minimum Gasteiger partial charge on any atom is -0.484 e. The van der Waals surface area contributed by atoms with Crippen molar-refractivity contribution in [3.8, 4) is 5.75 Å². The van der Waals surface area contributed by atoms with Gasteiger partial charge in [-0.25, -0.2) is 8.42 Å². The molecule has 3 rings (SSSR count). The molecule has 1 aliphatic heterocycles. The minimum absolute atomic E-state index is 0.221. The highest BCUT2D eigenvalue weighted by molar-refractivity contribution is 7.89. The van der Waals surface area contributed by atoms with Crippen LogP contribution >= 0.6 is 23.2 Å². The smallest absolute Gasteiger partial charge is 0.262 e. The second-order valence-electron chi connectivity index (χ2n) is 6.40. The molecule has 0 aromatic heterocycles. The third-order valence-electron chi connectivity index (χ3n) is 4.35. The molecule has 2 aromatic rings. The number of carbonyl (C=O) groups excluding carboxylic acids is 1. The molecule has 0 aliphatic carbocycles. The molecular weight excluding hydrogens is 423 g/mol. The predicted molar refractivity (Wildman–Crippen MR) is 110 cm³/mol. The van der Waals surface area contributed by atoms with E-state index in [-0.39, 0.29) is 11.5 Å². The first kappa shape index (κ1) is 20.9. The number of hydrogen-bond donors (Lipinski definition) is 1. The van der Waals surface area contributed by atoms with Crippen LogP contribution < -0.4 is 10.1 Å². The fourth-order valence-electron chi connectivity index (χ4n) is 2.89. The Kier molecular flexibility index (Phi) is 6.82. The summed E-state index contributed by atoms with van der Waals surface area (Å²) in [5, 5.41) is 3.43. The molecule has 0 saturated carbocycles. The van der Waals surface area contributed by atoms with Crippen LogP contribution in [-0.2, 0) is 14.8 Å². The molecule has 6 nitrogen and oxygen atoms in total. The Hall–Kier alpha value is -1.80. The average Bonchev–Trinajstić information content (AvgIpc) is 2.69. The first-order chi connectivity index (χ1) is 13.4. The summed E-state index contributed by atoms with van der Waals surface area (Å²) in [6.07, 6.45) is 2.82. The lowest BCUT2D eigenvalue weighted by Gasteiger charge is -2.25. The van der Waals surface area contributed by atoms with Gasteiger partial charge >= 0.3 is 0 Å². The lowest BCUT2D eigenvalue weighted by atomic mass is 10.2. The van der Waals surface area contributed by atoms with Crippen molar-refractivity contribution in [2.45, 2.75) is 24.2 Å². The molecular formula is C19H20Cl2N2O4S. The van der Waals surface area contributed by atoms with Crippen LogP contribution in [0.25, 0.3) is 0 Å². The third kappa shape index (κ3) is 5.17. The van der Waals surface area contributed by atoms with E-state index in [0.717, 1.165) is 19.3 Å². The van der Waals surface area contributed by atoms with Gasteiger partial charge in [0, 0.05) is 18.1 Å². The van der Waals surface area contributed by atoms with E-state index in [4.69, 9.17) is 27.9 Å². The molecule has 150 valence electrons. The number of nitrogens with zero attached hydrogens (tertiary/aromatic N) is 1. The molecule has 2 aromatic carbocycles. The summed E-state index contributed by atoms with van der Waals surface area (Å²) < 4.78 is 32.2. The molecule has 1 N–H and O–H groups in total. The number of piperidine rings is 1. The second-order valence-corrected chi connectivity index (χ2v) is 9.18. The average molecular weight is 443 g/mol. The Morgan fingerprint density at radius 2 is 1.71 bits per heavy atom. The monoisotopic (exact) mass is 442 g/mol. The highest BCUT2D eigenvalue weighted by Gasteiger charge is 2.25. The number of amides is 1. The maximum Gasteiger partial charge on any atom is 0.262 e. The zero-order valence-electron chi connectivity index (χ0n) is 15.0. The highest BCUT2D eigenvalue weighted by atomic mass is 35.5. The van der Waals surface area contributed by atoms with Crippen LogP contribution in [0.5, 0.6) is 5.75 Å². The number of ether oxygens (including phenoxy) is 1. The summed E-state index contributed by atoms with van der Waals surface area (Å²) in [7, 11) is -3.49. The van der Waals surface area contributed by atoms with E-state index >= 15 is 0 Å². The molecule has 0 atom stereocenters. The number of nitrogens with one attached hydrogen (secondary N) is 1. The van der Waals surface area contributed by atoms with Gasteiger partial charge in [0.2, 0.25) is 10.0 Å². The second kappa shape index (κ2) is 9.13. The topological polar surface area (TPSA) is 75.7 Å². The van der Waals surface area contributed by atoms with Crippen LogP contribution in [0.3, 0.4) is 0 Å². The summed E-state index contributed by atoms with van der Waals surface area (Å²) in [4.78, 5) is 12.2. The Morgan fingerprint density at radius 3 is 2.36 bits per heavy atom. The lowest BCUT2D eigenvalue weighted by molar-refractivity contribution is -0.118. The van der Waals surface area contributed by atoms with Crippen molar-refractivity contribution in [1.82, 2.24) is 4.31 Å². The van der Waals surface area contributed by atoms with E-state index in [1.165, 1.54) is 22.5 Å². The molecule has 0 radical (unpaired) electrons. The number of anilines is 1. The first-order valence-electron chi connectivity index (χ1n) is 8.84. The third-order valence-corrected chi connectivity index (χ3v) is 6.81. The quantitative estimate of drug-likeness (QED) is 0.727. The number of sulfonamides is 1. The SMILES string of the molecule is O=C(COc1ccc(S(=O)(=O)N2CCCCC2)cc1)Nc1ccc(Cl)cc1Cl. The van der Waals surface area contributed by atoms with Gasteiger partial charge < -0.3 is 10.1 Å². The van der Waals surface area contributed by atoms with Crippen LogP contribution in [0.4, 0.5) is 5.69 Å². The van der Waals surface area contributed by atoms with Gasteiger partial charge in [-0.2, -0.15) is 4.31 Å². The maximum atomic E-state index is 12.6. The summed E-state index contributed by atoms with van der Waals surface area (Å²) in [6.45, 7) is 0.860. The Bertz CT molecular complexity index is 943. The molecule has 0 bridgehead atoms. The summed E-state index contributed by atoms with van der Waals surface area (Å²) in [5.74, 6) is 0.00387. The van der Waals surface area contributed by atoms with E-state index in [9.17, 15) is 13.2 Å². The molecule has 28 heavy (non-hydrogen) atoms. The van der Waals surface area contributed by atoms with E-state index in [1.807, 2.05) is 0 Å². The summed E-state index contributed by atoms with van der Waals surface area (Å²) in [6, 6.07) is 10.8. The zero-order valence-corrected chi connectivity index (χ0v) is 17.4. The number of rotatable bonds is 6. The van der Waals surface area contributed by atoms with Gasteiger partial charge in [-0.3, -0.25) is 4.79 Å². The van der Waals surface area contributed by atoms with Gasteiger partial charge in [0.1, 0.15) is 5.75 Å². The van der Waals surface area contributed by atoms with E-state index in [0.29, 0.717) is 34.6 Å². The van der Waals surface area contributed by atoms with E-state index < -0.39 is 15.9 Å². The number of halogens is 2. The molecule has 0 spiro atoms. The largest absolute Gasteiger partial charge is 0.484 e. The molecule has 1 amide bonds. The van der Waals surface area contributed by atoms with Crippen molar-refractivity contribution in [2.24, 2.45) is 0 Å².